The van der Waals surface area contributed by atoms with Crippen molar-refractivity contribution in [3.05, 3.63) is 35.7 Å². The number of rotatable bonds is 6. The largest absolute Gasteiger partial charge is 0.349 e. The SMILES string of the molecule is CCc1nccn1CCC(=O)N[C@H]1CCCc2nc(N(C)C)ncc21. The van der Waals surface area contributed by atoms with Crippen LogP contribution in [0, 0.1) is 0 Å². The minimum Gasteiger partial charge on any atom is -0.349 e. The molecule has 1 N–H and O–H groups in total. The summed E-state index contributed by atoms with van der Waals surface area (Å²) >= 11 is 0. The lowest BCUT2D eigenvalue weighted by atomic mass is 9.92. The highest BCUT2D eigenvalue weighted by atomic mass is 16.1. The molecule has 0 bridgehead atoms. The number of aromatic nitrogens is 4. The average molecular weight is 342 g/mol. The number of amides is 1. The van der Waals surface area contributed by atoms with Crippen molar-refractivity contribution in [2.75, 3.05) is 19.0 Å². The van der Waals surface area contributed by atoms with Crippen LogP contribution in [-0.4, -0.2) is 39.5 Å². The van der Waals surface area contributed by atoms with Crippen LogP contribution in [0.4, 0.5) is 5.95 Å². The minimum atomic E-state index is 0.0147. The number of aryl methyl sites for hydroxylation is 3. The van der Waals surface area contributed by atoms with Gasteiger partial charge in [0.1, 0.15) is 5.82 Å². The maximum atomic E-state index is 12.4. The van der Waals surface area contributed by atoms with E-state index in [1.165, 1.54) is 0 Å². The molecule has 1 aliphatic carbocycles. The molecule has 3 rings (SSSR count). The second kappa shape index (κ2) is 7.63. The number of carbonyl (C=O) groups is 1. The second-order valence-electron chi connectivity index (χ2n) is 6.62. The topological polar surface area (TPSA) is 75.9 Å². The molecule has 1 atom stereocenters. The van der Waals surface area contributed by atoms with Crippen molar-refractivity contribution >= 4 is 11.9 Å². The Labute approximate surface area is 148 Å². The van der Waals surface area contributed by atoms with Crippen LogP contribution < -0.4 is 10.2 Å². The third-order valence-corrected chi connectivity index (χ3v) is 4.60. The predicted molar refractivity (Wildman–Crippen MR) is 96.4 cm³/mol. The maximum absolute atomic E-state index is 12.4. The van der Waals surface area contributed by atoms with Gasteiger partial charge in [0.05, 0.1) is 11.7 Å². The summed E-state index contributed by atoms with van der Waals surface area (Å²) in [5.41, 5.74) is 2.11. The molecule has 0 saturated heterocycles. The number of fused-ring (bicyclic) bond motifs is 1. The normalized spacial score (nSPS) is 16.4. The van der Waals surface area contributed by atoms with E-state index in [1.54, 1.807) is 6.20 Å². The van der Waals surface area contributed by atoms with Gasteiger partial charge in [-0.3, -0.25) is 4.79 Å². The first kappa shape index (κ1) is 17.4. The fourth-order valence-electron chi connectivity index (χ4n) is 3.25. The van der Waals surface area contributed by atoms with Crippen molar-refractivity contribution in [2.45, 2.75) is 51.6 Å². The van der Waals surface area contributed by atoms with E-state index in [1.807, 2.05) is 36.0 Å². The van der Waals surface area contributed by atoms with Crippen LogP contribution in [0.2, 0.25) is 0 Å². The molecule has 0 saturated carbocycles. The molecule has 0 aromatic carbocycles. The van der Waals surface area contributed by atoms with Gasteiger partial charge in [0.25, 0.3) is 0 Å². The molecule has 0 aliphatic heterocycles. The van der Waals surface area contributed by atoms with E-state index in [2.05, 4.69) is 27.2 Å². The Morgan fingerprint density at radius 3 is 3.00 bits per heavy atom. The monoisotopic (exact) mass is 342 g/mol. The molecular formula is C18H26N6O. The van der Waals surface area contributed by atoms with Crippen LogP contribution >= 0.6 is 0 Å². The number of nitrogens with zero attached hydrogens (tertiary/aromatic N) is 5. The molecule has 2 aromatic rings. The zero-order valence-corrected chi connectivity index (χ0v) is 15.2. The van der Waals surface area contributed by atoms with Crippen molar-refractivity contribution in [3.8, 4) is 0 Å². The standard InChI is InChI=1S/C18H26N6O/c1-4-16-19-9-11-24(16)10-8-17(25)21-14-6-5-7-15-13(14)12-20-18(22-15)23(2)3/h9,11-12,14H,4-8,10H2,1-3H3,(H,21,25)/t14-/m0/s1. The lowest BCUT2D eigenvalue weighted by Gasteiger charge is -2.26. The Hall–Kier alpha value is -2.44. The van der Waals surface area contributed by atoms with E-state index in [0.29, 0.717) is 13.0 Å². The van der Waals surface area contributed by atoms with Crippen molar-refractivity contribution < 1.29 is 4.79 Å². The second-order valence-corrected chi connectivity index (χ2v) is 6.62. The Balaban J connectivity index is 1.63. The van der Waals surface area contributed by atoms with E-state index >= 15 is 0 Å². The van der Waals surface area contributed by atoms with E-state index in [9.17, 15) is 4.79 Å². The number of nitrogens with one attached hydrogen (secondary N) is 1. The molecule has 7 heteroatoms. The minimum absolute atomic E-state index is 0.0147. The molecule has 0 radical (unpaired) electrons. The van der Waals surface area contributed by atoms with Gasteiger partial charge in [0.2, 0.25) is 11.9 Å². The van der Waals surface area contributed by atoms with Crippen LogP contribution in [-0.2, 0) is 24.2 Å². The Morgan fingerprint density at radius 1 is 1.40 bits per heavy atom. The van der Waals surface area contributed by atoms with Crippen molar-refractivity contribution in [3.63, 3.8) is 0 Å². The molecule has 134 valence electrons. The van der Waals surface area contributed by atoms with Crippen LogP contribution in [0.1, 0.15) is 49.3 Å². The van der Waals surface area contributed by atoms with Crippen LogP contribution in [0.15, 0.2) is 18.6 Å². The molecule has 2 aromatic heterocycles. The first-order valence-electron chi connectivity index (χ1n) is 8.91. The third kappa shape index (κ3) is 3.97. The highest BCUT2D eigenvalue weighted by molar-refractivity contribution is 5.76. The quantitative estimate of drug-likeness (QED) is 0.867. The lowest BCUT2D eigenvalue weighted by Crippen LogP contribution is -2.32. The number of carbonyl (C=O) groups excluding carboxylic acids is 1. The first-order valence-corrected chi connectivity index (χ1v) is 8.91. The zero-order valence-electron chi connectivity index (χ0n) is 15.2. The van der Waals surface area contributed by atoms with E-state index < -0.39 is 0 Å². The summed E-state index contributed by atoms with van der Waals surface area (Å²) in [5, 5.41) is 3.16. The molecule has 0 spiro atoms. The van der Waals surface area contributed by atoms with E-state index in [0.717, 1.165) is 48.7 Å². The van der Waals surface area contributed by atoms with Gasteiger partial charge in [-0.15, -0.1) is 0 Å². The third-order valence-electron chi connectivity index (χ3n) is 4.60. The molecule has 25 heavy (non-hydrogen) atoms. The summed E-state index contributed by atoms with van der Waals surface area (Å²) < 4.78 is 2.04. The van der Waals surface area contributed by atoms with Crippen LogP contribution in [0.5, 0.6) is 0 Å². The molecule has 7 nitrogen and oxygen atoms in total. The lowest BCUT2D eigenvalue weighted by molar-refractivity contribution is -0.122. The van der Waals surface area contributed by atoms with Gasteiger partial charge in [0.15, 0.2) is 0 Å². The number of imidazole rings is 1. The van der Waals surface area contributed by atoms with Gasteiger partial charge in [-0.1, -0.05) is 6.92 Å². The summed E-state index contributed by atoms with van der Waals surface area (Å²) in [4.78, 5) is 27.6. The average Bonchev–Trinajstić information content (AvgIpc) is 3.07. The van der Waals surface area contributed by atoms with E-state index in [4.69, 9.17) is 0 Å². The van der Waals surface area contributed by atoms with Gasteiger partial charge in [-0.05, 0) is 19.3 Å². The highest BCUT2D eigenvalue weighted by Crippen LogP contribution is 2.29. The molecule has 1 aliphatic rings. The first-order chi connectivity index (χ1) is 12.1. The van der Waals surface area contributed by atoms with Gasteiger partial charge < -0.3 is 14.8 Å². The summed E-state index contributed by atoms with van der Waals surface area (Å²) in [6, 6.07) is 0.0147. The summed E-state index contributed by atoms with van der Waals surface area (Å²) in [6.07, 6.45) is 9.82. The smallest absolute Gasteiger partial charge is 0.225 e. The summed E-state index contributed by atoms with van der Waals surface area (Å²) in [5.74, 6) is 1.80. The highest BCUT2D eigenvalue weighted by Gasteiger charge is 2.24. The Kier molecular flexibility index (Phi) is 5.31. The van der Waals surface area contributed by atoms with Crippen molar-refractivity contribution in [1.29, 1.82) is 0 Å². The molecular weight excluding hydrogens is 316 g/mol. The fourth-order valence-corrected chi connectivity index (χ4v) is 3.25. The number of hydrogen-bond acceptors (Lipinski definition) is 5. The van der Waals surface area contributed by atoms with E-state index in [-0.39, 0.29) is 11.9 Å². The van der Waals surface area contributed by atoms with Gasteiger partial charge >= 0.3 is 0 Å². The van der Waals surface area contributed by atoms with Crippen LogP contribution in [0.25, 0.3) is 0 Å². The maximum Gasteiger partial charge on any atom is 0.225 e. The van der Waals surface area contributed by atoms with Gasteiger partial charge in [-0.2, -0.15) is 0 Å². The summed E-state index contributed by atoms with van der Waals surface area (Å²) in [6.45, 7) is 2.73. The molecule has 0 unspecified atom stereocenters. The van der Waals surface area contributed by atoms with Crippen molar-refractivity contribution in [2.24, 2.45) is 0 Å². The Morgan fingerprint density at radius 2 is 2.24 bits per heavy atom. The molecule has 1 amide bonds. The zero-order chi connectivity index (χ0) is 17.8. The number of hydrogen-bond donors (Lipinski definition) is 1. The molecule has 0 fully saturated rings. The van der Waals surface area contributed by atoms with Crippen molar-refractivity contribution in [1.82, 2.24) is 24.8 Å². The summed E-state index contributed by atoms with van der Waals surface area (Å²) in [7, 11) is 3.87. The van der Waals surface area contributed by atoms with Gasteiger partial charge in [0, 0.05) is 57.6 Å². The molecule has 2 heterocycles. The van der Waals surface area contributed by atoms with Gasteiger partial charge in [-0.25, -0.2) is 15.0 Å². The number of anilines is 1. The Bertz CT molecular complexity index is 739. The van der Waals surface area contributed by atoms with Crippen LogP contribution in [0.3, 0.4) is 0 Å². The fraction of sp³-hybridized carbons (Fsp3) is 0.556. The predicted octanol–water partition coefficient (Wildman–Crippen LogP) is 1.89.